The molecular formula is C13H22N4O. The molecule has 1 amide bonds. The SMILES string of the molecule is CCNC(Cn1nc(C)cc1C)(C(N)=O)C1CC1. The maximum absolute atomic E-state index is 11.9. The van der Waals surface area contributed by atoms with E-state index in [1.807, 2.05) is 31.5 Å². The summed E-state index contributed by atoms with van der Waals surface area (Å²) in [5.74, 6) is 0.0817. The lowest BCUT2D eigenvalue weighted by atomic mass is 9.92. The third kappa shape index (κ3) is 2.27. The molecule has 0 saturated heterocycles. The highest BCUT2D eigenvalue weighted by Gasteiger charge is 2.49. The summed E-state index contributed by atoms with van der Waals surface area (Å²) >= 11 is 0. The van der Waals surface area contributed by atoms with Crippen molar-refractivity contribution in [3.63, 3.8) is 0 Å². The molecule has 1 fully saturated rings. The maximum Gasteiger partial charge on any atom is 0.239 e. The van der Waals surface area contributed by atoms with Crippen LogP contribution in [0.25, 0.3) is 0 Å². The molecule has 0 bridgehead atoms. The standard InChI is InChI=1S/C13H22N4O/c1-4-15-13(12(14)18,11-5-6-11)8-17-10(3)7-9(2)16-17/h7,11,15H,4-6,8H2,1-3H3,(H2,14,18). The van der Waals surface area contributed by atoms with E-state index >= 15 is 0 Å². The van der Waals surface area contributed by atoms with Crippen LogP contribution in [-0.4, -0.2) is 27.8 Å². The summed E-state index contributed by atoms with van der Waals surface area (Å²) in [6.07, 6.45) is 2.13. The Bertz CT molecular complexity index is 450. The monoisotopic (exact) mass is 250 g/mol. The topological polar surface area (TPSA) is 72.9 Å². The minimum absolute atomic E-state index is 0.264. The van der Waals surface area contributed by atoms with Crippen molar-refractivity contribution < 1.29 is 4.79 Å². The molecule has 1 aromatic rings. The van der Waals surface area contributed by atoms with Crippen LogP contribution in [0.5, 0.6) is 0 Å². The molecule has 5 nitrogen and oxygen atoms in total. The molecule has 0 aliphatic heterocycles. The number of aryl methyl sites for hydroxylation is 2. The molecule has 0 aromatic carbocycles. The Balaban J connectivity index is 2.29. The van der Waals surface area contributed by atoms with Crippen LogP contribution < -0.4 is 11.1 Å². The van der Waals surface area contributed by atoms with Gasteiger partial charge < -0.3 is 11.1 Å². The van der Waals surface area contributed by atoms with E-state index in [1.165, 1.54) is 0 Å². The van der Waals surface area contributed by atoms with Crippen molar-refractivity contribution in [3.05, 3.63) is 17.5 Å². The Hall–Kier alpha value is -1.36. The van der Waals surface area contributed by atoms with Crippen LogP contribution in [0, 0.1) is 19.8 Å². The predicted molar refractivity (Wildman–Crippen MR) is 70.0 cm³/mol. The first-order valence-corrected chi connectivity index (χ1v) is 6.55. The Morgan fingerprint density at radius 2 is 2.28 bits per heavy atom. The van der Waals surface area contributed by atoms with Crippen LogP contribution in [0.1, 0.15) is 31.2 Å². The summed E-state index contributed by atoms with van der Waals surface area (Å²) in [5.41, 5.74) is 7.06. The molecule has 1 aliphatic carbocycles. The molecule has 0 spiro atoms. The summed E-state index contributed by atoms with van der Waals surface area (Å²) in [5, 5.41) is 7.75. The third-order valence-electron chi connectivity index (χ3n) is 3.71. The maximum atomic E-state index is 11.9. The molecule has 1 atom stereocenters. The molecule has 1 saturated carbocycles. The van der Waals surface area contributed by atoms with Gasteiger partial charge in [0.15, 0.2) is 0 Å². The molecule has 1 aromatic heterocycles. The number of hydrogen-bond acceptors (Lipinski definition) is 3. The smallest absolute Gasteiger partial charge is 0.239 e. The largest absolute Gasteiger partial charge is 0.368 e. The number of likely N-dealkylation sites (N-methyl/N-ethyl adjacent to an activating group) is 1. The number of rotatable bonds is 6. The van der Waals surface area contributed by atoms with Crippen LogP contribution in [0.4, 0.5) is 0 Å². The fourth-order valence-corrected chi connectivity index (χ4v) is 2.66. The second-order valence-corrected chi connectivity index (χ2v) is 5.22. The van der Waals surface area contributed by atoms with Gasteiger partial charge in [-0.25, -0.2) is 0 Å². The number of hydrogen-bond donors (Lipinski definition) is 2. The molecule has 3 N–H and O–H groups in total. The zero-order valence-electron chi connectivity index (χ0n) is 11.4. The van der Waals surface area contributed by atoms with E-state index < -0.39 is 5.54 Å². The third-order valence-corrected chi connectivity index (χ3v) is 3.71. The lowest BCUT2D eigenvalue weighted by Gasteiger charge is -2.32. The highest BCUT2D eigenvalue weighted by Crippen LogP contribution is 2.40. The number of amides is 1. The van der Waals surface area contributed by atoms with E-state index in [1.54, 1.807) is 0 Å². The molecule has 100 valence electrons. The number of aromatic nitrogens is 2. The zero-order chi connectivity index (χ0) is 13.3. The number of nitrogens with zero attached hydrogens (tertiary/aromatic N) is 2. The fourth-order valence-electron chi connectivity index (χ4n) is 2.66. The average molecular weight is 250 g/mol. The van der Waals surface area contributed by atoms with Gasteiger partial charge in [0.2, 0.25) is 5.91 Å². The average Bonchev–Trinajstić information content (AvgIpc) is 3.06. The lowest BCUT2D eigenvalue weighted by molar-refractivity contribution is -0.126. The Morgan fingerprint density at radius 3 is 2.67 bits per heavy atom. The van der Waals surface area contributed by atoms with E-state index in [-0.39, 0.29) is 5.91 Å². The molecule has 1 unspecified atom stereocenters. The van der Waals surface area contributed by atoms with E-state index in [4.69, 9.17) is 5.73 Å². The fraction of sp³-hybridized carbons (Fsp3) is 0.692. The van der Waals surface area contributed by atoms with E-state index in [9.17, 15) is 4.79 Å². The zero-order valence-corrected chi connectivity index (χ0v) is 11.4. The Labute approximate surface area is 108 Å². The highest BCUT2D eigenvalue weighted by molar-refractivity contribution is 5.85. The molecule has 0 radical (unpaired) electrons. The summed E-state index contributed by atoms with van der Waals surface area (Å²) in [7, 11) is 0. The van der Waals surface area contributed by atoms with Gasteiger partial charge in [-0.05, 0) is 45.2 Å². The molecule has 1 heterocycles. The Morgan fingerprint density at radius 1 is 1.61 bits per heavy atom. The quantitative estimate of drug-likeness (QED) is 0.782. The van der Waals surface area contributed by atoms with Crippen molar-refractivity contribution in [3.8, 4) is 0 Å². The van der Waals surface area contributed by atoms with Crippen molar-refractivity contribution in [1.29, 1.82) is 0 Å². The first kappa shape index (κ1) is 13.1. The molecule has 1 aliphatic rings. The van der Waals surface area contributed by atoms with Gasteiger partial charge in [-0.15, -0.1) is 0 Å². The second-order valence-electron chi connectivity index (χ2n) is 5.22. The number of carbonyl (C=O) groups is 1. The summed E-state index contributed by atoms with van der Waals surface area (Å²) < 4.78 is 1.89. The second kappa shape index (κ2) is 4.72. The number of primary amides is 1. The van der Waals surface area contributed by atoms with Gasteiger partial charge in [-0.3, -0.25) is 9.48 Å². The molecule has 2 rings (SSSR count). The highest BCUT2D eigenvalue weighted by atomic mass is 16.1. The van der Waals surface area contributed by atoms with Crippen LogP contribution in [0.2, 0.25) is 0 Å². The van der Waals surface area contributed by atoms with Crippen LogP contribution in [0.15, 0.2) is 6.07 Å². The van der Waals surface area contributed by atoms with E-state index in [2.05, 4.69) is 10.4 Å². The Kier molecular flexibility index (Phi) is 3.43. The van der Waals surface area contributed by atoms with Gasteiger partial charge in [0.25, 0.3) is 0 Å². The van der Waals surface area contributed by atoms with Crippen molar-refractivity contribution in [1.82, 2.24) is 15.1 Å². The predicted octanol–water partition coefficient (Wildman–Crippen LogP) is 0.744. The lowest BCUT2D eigenvalue weighted by Crippen LogP contribution is -2.60. The van der Waals surface area contributed by atoms with Gasteiger partial charge in [0.1, 0.15) is 5.54 Å². The number of nitrogens with two attached hydrogens (primary N) is 1. The first-order valence-electron chi connectivity index (χ1n) is 6.55. The molecule has 5 heteroatoms. The van der Waals surface area contributed by atoms with E-state index in [0.29, 0.717) is 12.5 Å². The van der Waals surface area contributed by atoms with Crippen molar-refractivity contribution in [2.75, 3.05) is 6.54 Å². The van der Waals surface area contributed by atoms with Gasteiger partial charge in [0, 0.05) is 5.69 Å². The van der Waals surface area contributed by atoms with Crippen LogP contribution >= 0.6 is 0 Å². The van der Waals surface area contributed by atoms with Crippen molar-refractivity contribution >= 4 is 5.91 Å². The van der Waals surface area contributed by atoms with E-state index in [0.717, 1.165) is 30.8 Å². The minimum atomic E-state index is -0.641. The number of nitrogens with one attached hydrogen (secondary N) is 1. The van der Waals surface area contributed by atoms with Gasteiger partial charge >= 0.3 is 0 Å². The first-order chi connectivity index (χ1) is 8.49. The summed E-state index contributed by atoms with van der Waals surface area (Å²) in [6.45, 7) is 7.23. The van der Waals surface area contributed by atoms with Crippen LogP contribution in [-0.2, 0) is 11.3 Å². The minimum Gasteiger partial charge on any atom is -0.368 e. The van der Waals surface area contributed by atoms with Gasteiger partial charge in [0.05, 0.1) is 12.2 Å². The summed E-state index contributed by atoms with van der Waals surface area (Å²) in [4.78, 5) is 11.9. The normalized spacial score (nSPS) is 18.6. The van der Waals surface area contributed by atoms with Crippen molar-refractivity contribution in [2.45, 2.75) is 45.7 Å². The van der Waals surface area contributed by atoms with Crippen LogP contribution in [0.3, 0.4) is 0 Å². The number of carbonyl (C=O) groups excluding carboxylic acids is 1. The van der Waals surface area contributed by atoms with Gasteiger partial charge in [-0.2, -0.15) is 5.10 Å². The van der Waals surface area contributed by atoms with Gasteiger partial charge in [-0.1, -0.05) is 6.92 Å². The molecular weight excluding hydrogens is 228 g/mol. The molecule has 18 heavy (non-hydrogen) atoms. The summed E-state index contributed by atoms with van der Waals surface area (Å²) in [6, 6.07) is 2.02. The van der Waals surface area contributed by atoms with Crippen molar-refractivity contribution in [2.24, 2.45) is 11.7 Å².